The topological polar surface area (TPSA) is 85.9 Å². The van der Waals surface area contributed by atoms with Crippen molar-refractivity contribution in [3.05, 3.63) is 18.0 Å². The molecule has 6 heteroatoms. The van der Waals surface area contributed by atoms with Crippen molar-refractivity contribution in [2.24, 2.45) is 5.92 Å². The molecule has 16 heavy (non-hydrogen) atoms. The van der Waals surface area contributed by atoms with Crippen LogP contribution in [0.15, 0.2) is 12.3 Å². The lowest BCUT2D eigenvalue weighted by Crippen LogP contribution is -2.24. The van der Waals surface area contributed by atoms with Gasteiger partial charge in [0.1, 0.15) is 9.84 Å². The fourth-order valence-corrected chi connectivity index (χ4v) is 3.56. The third-order valence-corrected chi connectivity index (χ3v) is 4.61. The molecule has 1 aromatic heterocycles. The molecule has 2 heterocycles. The van der Waals surface area contributed by atoms with Crippen LogP contribution < -0.4 is 5.73 Å². The first-order valence-electron chi connectivity index (χ1n) is 5.33. The standard InChI is InChI=1S/C10H15N3O2S/c11-9-6-10(13-12-7-9)5-8-1-3-16(14,15)4-2-8/h6-8H,1-5H2,(H2,11,13). The van der Waals surface area contributed by atoms with Gasteiger partial charge in [0.15, 0.2) is 0 Å². The van der Waals surface area contributed by atoms with Crippen molar-refractivity contribution in [2.75, 3.05) is 17.2 Å². The third kappa shape index (κ3) is 2.91. The molecular weight excluding hydrogens is 226 g/mol. The molecule has 1 saturated heterocycles. The Morgan fingerprint density at radius 3 is 2.69 bits per heavy atom. The molecule has 0 amide bonds. The highest BCUT2D eigenvalue weighted by molar-refractivity contribution is 7.91. The van der Waals surface area contributed by atoms with Crippen molar-refractivity contribution in [1.82, 2.24) is 10.2 Å². The van der Waals surface area contributed by atoms with E-state index in [4.69, 9.17) is 5.73 Å². The van der Waals surface area contributed by atoms with Crippen molar-refractivity contribution in [3.63, 3.8) is 0 Å². The molecule has 0 bridgehead atoms. The van der Waals surface area contributed by atoms with Crippen LogP contribution in [0.1, 0.15) is 18.5 Å². The maximum Gasteiger partial charge on any atom is 0.150 e. The Labute approximate surface area is 95.0 Å². The Balaban J connectivity index is 1.97. The summed E-state index contributed by atoms with van der Waals surface area (Å²) in [4.78, 5) is 0. The zero-order valence-corrected chi connectivity index (χ0v) is 9.78. The summed E-state index contributed by atoms with van der Waals surface area (Å²) < 4.78 is 22.5. The molecule has 1 fully saturated rings. The van der Waals surface area contributed by atoms with Gasteiger partial charge in [-0.2, -0.15) is 10.2 Å². The van der Waals surface area contributed by atoms with Crippen LogP contribution in [-0.4, -0.2) is 30.1 Å². The number of rotatable bonds is 2. The Hall–Kier alpha value is -1.17. The van der Waals surface area contributed by atoms with Gasteiger partial charge in [0, 0.05) is 0 Å². The maximum absolute atomic E-state index is 11.3. The summed E-state index contributed by atoms with van der Waals surface area (Å²) >= 11 is 0. The average molecular weight is 241 g/mol. The molecule has 1 aromatic rings. The highest BCUT2D eigenvalue weighted by Crippen LogP contribution is 2.22. The molecule has 0 saturated carbocycles. The quantitative estimate of drug-likeness (QED) is 0.811. The summed E-state index contributed by atoms with van der Waals surface area (Å²) in [7, 11) is -2.78. The van der Waals surface area contributed by atoms with Gasteiger partial charge in [-0.3, -0.25) is 0 Å². The van der Waals surface area contributed by atoms with Gasteiger partial charge in [-0.15, -0.1) is 0 Å². The van der Waals surface area contributed by atoms with Crippen LogP contribution in [0.2, 0.25) is 0 Å². The summed E-state index contributed by atoms with van der Waals surface area (Å²) in [5.41, 5.74) is 7.06. The van der Waals surface area contributed by atoms with Crippen molar-refractivity contribution in [2.45, 2.75) is 19.3 Å². The first-order chi connectivity index (χ1) is 7.55. The van der Waals surface area contributed by atoms with Gasteiger partial charge in [0.25, 0.3) is 0 Å². The van der Waals surface area contributed by atoms with E-state index in [0.29, 0.717) is 23.1 Å². The van der Waals surface area contributed by atoms with Crippen LogP contribution in [0.4, 0.5) is 5.69 Å². The zero-order valence-electron chi connectivity index (χ0n) is 8.96. The monoisotopic (exact) mass is 241 g/mol. The van der Waals surface area contributed by atoms with Crippen molar-refractivity contribution in [1.29, 1.82) is 0 Å². The first kappa shape index (κ1) is 11.3. The number of anilines is 1. The van der Waals surface area contributed by atoms with E-state index in [2.05, 4.69) is 10.2 Å². The van der Waals surface area contributed by atoms with Gasteiger partial charge in [-0.1, -0.05) is 0 Å². The lowest BCUT2D eigenvalue weighted by atomic mass is 9.97. The summed E-state index contributed by atoms with van der Waals surface area (Å²) in [6.45, 7) is 0. The fraction of sp³-hybridized carbons (Fsp3) is 0.600. The van der Waals surface area contributed by atoms with E-state index < -0.39 is 9.84 Å². The van der Waals surface area contributed by atoms with Gasteiger partial charge in [0.2, 0.25) is 0 Å². The molecule has 0 aromatic carbocycles. The molecular formula is C10H15N3O2S. The van der Waals surface area contributed by atoms with Crippen LogP contribution in [-0.2, 0) is 16.3 Å². The van der Waals surface area contributed by atoms with Crippen LogP contribution in [0, 0.1) is 5.92 Å². The first-order valence-corrected chi connectivity index (χ1v) is 7.15. The predicted octanol–water partition coefficient (Wildman–Crippen LogP) is 0.426. The number of hydrogen-bond acceptors (Lipinski definition) is 5. The maximum atomic E-state index is 11.3. The second kappa shape index (κ2) is 4.37. The van der Waals surface area contributed by atoms with Crippen LogP contribution in [0.25, 0.3) is 0 Å². The summed E-state index contributed by atoms with van der Waals surface area (Å²) in [6.07, 6.45) is 3.72. The number of nitrogens with two attached hydrogens (primary N) is 1. The third-order valence-electron chi connectivity index (χ3n) is 2.90. The summed E-state index contributed by atoms with van der Waals surface area (Å²) in [5.74, 6) is 0.987. The minimum Gasteiger partial charge on any atom is -0.397 e. The fourth-order valence-electron chi connectivity index (χ4n) is 1.97. The molecule has 0 aliphatic carbocycles. The molecule has 1 aliphatic heterocycles. The van der Waals surface area contributed by atoms with Crippen molar-refractivity contribution < 1.29 is 8.42 Å². The minimum atomic E-state index is -2.78. The van der Waals surface area contributed by atoms with Crippen molar-refractivity contribution >= 4 is 15.5 Å². The molecule has 0 atom stereocenters. The summed E-state index contributed by atoms with van der Waals surface area (Å²) in [5, 5.41) is 7.78. The Kier molecular flexibility index (Phi) is 3.09. The predicted molar refractivity (Wildman–Crippen MR) is 61.5 cm³/mol. The van der Waals surface area contributed by atoms with E-state index in [1.807, 2.05) is 0 Å². The van der Waals surface area contributed by atoms with E-state index in [1.165, 1.54) is 6.20 Å². The SMILES string of the molecule is Nc1cnnc(CC2CCS(=O)(=O)CC2)c1. The lowest BCUT2D eigenvalue weighted by Gasteiger charge is -2.21. The smallest absolute Gasteiger partial charge is 0.150 e. The van der Waals surface area contributed by atoms with Gasteiger partial charge in [-0.25, -0.2) is 8.42 Å². The van der Waals surface area contributed by atoms with E-state index in [0.717, 1.165) is 25.0 Å². The molecule has 5 nitrogen and oxygen atoms in total. The molecule has 2 rings (SSSR count). The zero-order chi connectivity index (χ0) is 11.6. The molecule has 1 aliphatic rings. The van der Waals surface area contributed by atoms with Gasteiger partial charge in [0.05, 0.1) is 29.1 Å². The Bertz CT molecular complexity index is 459. The molecule has 2 N–H and O–H groups in total. The van der Waals surface area contributed by atoms with Crippen LogP contribution in [0.3, 0.4) is 0 Å². The van der Waals surface area contributed by atoms with Crippen LogP contribution in [0.5, 0.6) is 0 Å². The number of aromatic nitrogens is 2. The van der Waals surface area contributed by atoms with Crippen molar-refractivity contribution in [3.8, 4) is 0 Å². The number of nitrogen functional groups attached to an aromatic ring is 1. The Morgan fingerprint density at radius 1 is 1.38 bits per heavy atom. The van der Waals surface area contributed by atoms with Gasteiger partial charge < -0.3 is 5.73 Å². The van der Waals surface area contributed by atoms with E-state index in [1.54, 1.807) is 6.07 Å². The minimum absolute atomic E-state index is 0.299. The number of sulfone groups is 1. The van der Waals surface area contributed by atoms with E-state index in [-0.39, 0.29) is 0 Å². The summed E-state index contributed by atoms with van der Waals surface area (Å²) in [6, 6.07) is 1.80. The average Bonchev–Trinajstić information content (AvgIpc) is 2.21. The lowest BCUT2D eigenvalue weighted by molar-refractivity contribution is 0.457. The van der Waals surface area contributed by atoms with Crippen LogP contribution >= 0.6 is 0 Å². The van der Waals surface area contributed by atoms with E-state index >= 15 is 0 Å². The molecule has 0 radical (unpaired) electrons. The van der Waals surface area contributed by atoms with E-state index in [9.17, 15) is 8.42 Å². The number of hydrogen-bond donors (Lipinski definition) is 1. The highest BCUT2D eigenvalue weighted by atomic mass is 32.2. The molecule has 88 valence electrons. The molecule has 0 unspecified atom stereocenters. The number of nitrogens with zero attached hydrogens (tertiary/aromatic N) is 2. The highest BCUT2D eigenvalue weighted by Gasteiger charge is 2.23. The second-order valence-corrected chi connectivity index (χ2v) is 6.58. The largest absolute Gasteiger partial charge is 0.397 e. The normalized spacial score (nSPS) is 20.8. The molecule has 0 spiro atoms. The Morgan fingerprint density at radius 2 is 2.06 bits per heavy atom. The van der Waals surface area contributed by atoms with Gasteiger partial charge in [-0.05, 0) is 31.2 Å². The van der Waals surface area contributed by atoms with Gasteiger partial charge >= 0.3 is 0 Å². The second-order valence-electron chi connectivity index (χ2n) is 4.28.